The van der Waals surface area contributed by atoms with Crippen LogP contribution in [-0.4, -0.2) is 87.6 Å². The van der Waals surface area contributed by atoms with Crippen LogP contribution in [0, 0.1) is 13.8 Å². The lowest BCUT2D eigenvalue weighted by Gasteiger charge is -2.34. The molecule has 0 saturated carbocycles. The number of methoxy groups -OCH3 is 2. The van der Waals surface area contributed by atoms with E-state index in [2.05, 4.69) is 5.16 Å². The number of hydrogen-bond donors (Lipinski definition) is 0. The van der Waals surface area contributed by atoms with E-state index in [4.69, 9.17) is 14.0 Å². The van der Waals surface area contributed by atoms with E-state index in [-0.39, 0.29) is 36.2 Å². The van der Waals surface area contributed by atoms with Gasteiger partial charge in [0, 0.05) is 38.3 Å². The number of likely N-dealkylation sites (N-methyl/N-ethyl adjacent to an activating group) is 1. The molecule has 1 aliphatic heterocycles. The summed E-state index contributed by atoms with van der Waals surface area (Å²) in [7, 11) is 1.32. The Bertz CT molecular complexity index is 1040. The van der Waals surface area contributed by atoms with E-state index < -0.39 is 10.0 Å². The first-order chi connectivity index (χ1) is 15.2. The molecule has 1 aliphatic rings. The topological polar surface area (TPSA) is 105 Å². The van der Waals surface area contributed by atoms with Crippen molar-refractivity contribution in [2.45, 2.75) is 25.3 Å². The van der Waals surface area contributed by atoms with Crippen LogP contribution in [0.5, 0.6) is 11.5 Å². The van der Waals surface area contributed by atoms with Crippen LogP contribution in [0.3, 0.4) is 0 Å². The smallest absolute Gasteiger partial charge is 0.248 e. The zero-order valence-electron chi connectivity index (χ0n) is 19.1. The molecule has 0 N–H and O–H groups in total. The molecule has 176 valence electrons. The van der Waals surface area contributed by atoms with Crippen LogP contribution < -0.4 is 9.47 Å². The molecule has 1 aromatic carbocycles. The average Bonchev–Trinajstić information content (AvgIpc) is 3.12. The zero-order valence-corrected chi connectivity index (χ0v) is 19.9. The molecule has 1 fully saturated rings. The molecule has 1 amide bonds. The van der Waals surface area contributed by atoms with Crippen LogP contribution >= 0.6 is 0 Å². The molecule has 10 nitrogen and oxygen atoms in total. The number of ether oxygens (including phenoxy) is 2. The van der Waals surface area contributed by atoms with E-state index in [1.54, 1.807) is 33.0 Å². The number of amides is 1. The quantitative estimate of drug-likeness (QED) is 0.573. The fourth-order valence-electron chi connectivity index (χ4n) is 3.91. The molecule has 0 radical (unpaired) electrons. The van der Waals surface area contributed by atoms with Gasteiger partial charge >= 0.3 is 0 Å². The maximum Gasteiger partial charge on any atom is 0.248 e. The molecule has 0 aliphatic carbocycles. The van der Waals surface area contributed by atoms with Crippen molar-refractivity contribution in [3.63, 3.8) is 0 Å². The Hall–Kier alpha value is -2.63. The molecule has 0 spiro atoms. The number of carbonyl (C=O) groups excluding carboxylic acids is 1. The van der Waals surface area contributed by atoms with Crippen molar-refractivity contribution in [2.75, 3.05) is 54.0 Å². The molecular formula is C21H30N4O6S. The second-order valence-corrected chi connectivity index (χ2v) is 9.64. The van der Waals surface area contributed by atoms with Crippen molar-refractivity contribution in [1.29, 1.82) is 0 Å². The van der Waals surface area contributed by atoms with E-state index in [0.717, 1.165) is 5.56 Å². The standard InChI is InChI=1S/C21H30N4O6S/c1-15-21(16(2)31-22-15)32(27,28)25-11-9-24(10-12-25)19(26)14-23(3)13-17-7-6-8-18(29-4)20(17)30-5/h6-8H,9-14H2,1-5H3. The number of aryl methyl sites for hydroxylation is 2. The zero-order chi connectivity index (χ0) is 23.5. The molecular weight excluding hydrogens is 436 g/mol. The SMILES string of the molecule is COc1cccc(CN(C)CC(=O)N2CCN(S(=O)(=O)c3c(C)noc3C)CC2)c1OC. The third kappa shape index (κ3) is 4.89. The minimum atomic E-state index is -3.70. The van der Waals surface area contributed by atoms with Gasteiger partial charge in [0.1, 0.15) is 10.6 Å². The number of nitrogens with zero attached hydrogens (tertiary/aromatic N) is 4. The summed E-state index contributed by atoms with van der Waals surface area (Å²) in [6.45, 7) is 5.02. The van der Waals surface area contributed by atoms with E-state index in [0.29, 0.717) is 36.8 Å². The van der Waals surface area contributed by atoms with Gasteiger partial charge in [0.15, 0.2) is 17.3 Å². The molecule has 1 aromatic heterocycles. The lowest BCUT2D eigenvalue weighted by Crippen LogP contribution is -2.52. The van der Waals surface area contributed by atoms with Crippen LogP contribution in [0.1, 0.15) is 17.0 Å². The Morgan fingerprint density at radius 1 is 1.16 bits per heavy atom. The maximum atomic E-state index is 13.0. The second-order valence-electron chi connectivity index (χ2n) is 7.76. The summed E-state index contributed by atoms with van der Waals surface area (Å²) in [5, 5.41) is 3.74. The molecule has 1 saturated heterocycles. The number of sulfonamides is 1. The predicted octanol–water partition coefficient (Wildman–Crippen LogP) is 1.27. The first kappa shape index (κ1) is 24.0. The third-order valence-electron chi connectivity index (χ3n) is 5.49. The Morgan fingerprint density at radius 2 is 1.84 bits per heavy atom. The van der Waals surface area contributed by atoms with Gasteiger partial charge in [-0.25, -0.2) is 8.42 Å². The van der Waals surface area contributed by atoms with Gasteiger partial charge in [0.2, 0.25) is 15.9 Å². The largest absolute Gasteiger partial charge is 0.493 e. The number of hydrogen-bond acceptors (Lipinski definition) is 8. The van der Waals surface area contributed by atoms with E-state index >= 15 is 0 Å². The first-order valence-corrected chi connectivity index (χ1v) is 11.7. The van der Waals surface area contributed by atoms with Crippen molar-refractivity contribution in [3.05, 3.63) is 35.2 Å². The van der Waals surface area contributed by atoms with Crippen LogP contribution in [0.15, 0.2) is 27.6 Å². The van der Waals surface area contributed by atoms with Gasteiger partial charge < -0.3 is 18.9 Å². The Labute approximate surface area is 188 Å². The molecule has 2 heterocycles. The summed E-state index contributed by atoms with van der Waals surface area (Å²) in [6.07, 6.45) is 0. The number of benzene rings is 1. The molecule has 0 unspecified atom stereocenters. The van der Waals surface area contributed by atoms with Crippen LogP contribution in [0.2, 0.25) is 0 Å². The lowest BCUT2D eigenvalue weighted by molar-refractivity contribution is -0.133. The molecule has 0 bridgehead atoms. The van der Waals surface area contributed by atoms with Crippen LogP contribution in [0.25, 0.3) is 0 Å². The normalized spacial score (nSPS) is 15.2. The van der Waals surface area contributed by atoms with Gasteiger partial charge in [-0.15, -0.1) is 0 Å². The molecule has 3 rings (SSSR count). The fourth-order valence-corrected chi connectivity index (χ4v) is 5.62. The number of rotatable bonds is 8. The van der Waals surface area contributed by atoms with Gasteiger partial charge in [-0.05, 0) is 27.0 Å². The van der Waals surface area contributed by atoms with Crippen molar-refractivity contribution < 1.29 is 27.2 Å². The van der Waals surface area contributed by atoms with E-state index in [1.807, 2.05) is 30.1 Å². The van der Waals surface area contributed by atoms with Crippen molar-refractivity contribution in [1.82, 2.24) is 19.3 Å². The Balaban J connectivity index is 1.58. The van der Waals surface area contributed by atoms with Crippen molar-refractivity contribution in [2.24, 2.45) is 0 Å². The van der Waals surface area contributed by atoms with E-state index in [9.17, 15) is 13.2 Å². The van der Waals surface area contributed by atoms with Crippen LogP contribution in [0.4, 0.5) is 0 Å². The summed E-state index contributed by atoms with van der Waals surface area (Å²) in [4.78, 5) is 16.5. The minimum Gasteiger partial charge on any atom is -0.493 e. The summed E-state index contributed by atoms with van der Waals surface area (Å²) in [6, 6.07) is 5.63. The number of aromatic nitrogens is 1. The Morgan fingerprint density at radius 3 is 2.41 bits per heavy atom. The molecule has 2 aromatic rings. The van der Waals surface area contributed by atoms with Crippen molar-refractivity contribution in [3.8, 4) is 11.5 Å². The van der Waals surface area contributed by atoms with E-state index in [1.165, 1.54) is 4.31 Å². The summed E-state index contributed by atoms with van der Waals surface area (Å²) in [5.41, 5.74) is 1.26. The van der Waals surface area contributed by atoms with Gasteiger partial charge in [0.05, 0.1) is 20.8 Å². The molecule has 11 heteroatoms. The van der Waals surface area contributed by atoms with Crippen molar-refractivity contribution >= 4 is 15.9 Å². The highest BCUT2D eigenvalue weighted by atomic mass is 32.2. The average molecular weight is 467 g/mol. The first-order valence-electron chi connectivity index (χ1n) is 10.3. The van der Waals surface area contributed by atoms with Gasteiger partial charge in [0.25, 0.3) is 0 Å². The summed E-state index contributed by atoms with van der Waals surface area (Å²) in [5.74, 6) is 1.51. The Kier molecular flexibility index (Phi) is 7.42. The summed E-state index contributed by atoms with van der Waals surface area (Å²) >= 11 is 0. The van der Waals surface area contributed by atoms with Gasteiger partial charge in [-0.3, -0.25) is 9.69 Å². The van der Waals surface area contributed by atoms with Crippen LogP contribution in [-0.2, 0) is 21.4 Å². The molecule has 0 atom stereocenters. The highest BCUT2D eigenvalue weighted by Gasteiger charge is 2.34. The summed E-state index contributed by atoms with van der Waals surface area (Å²) < 4.78 is 43.1. The monoisotopic (exact) mass is 466 g/mol. The lowest BCUT2D eigenvalue weighted by atomic mass is 10.1. The highest BCUT2D eigenvalue weighted by molar-refractivity contribution is 7.89. The third-order valence-corrected chi connectivity index (χ3v) is 7.63. The maximum absolute atomic E-state index is 13.0. The van der Waals surface area contributed by atoms with Gasteiger partial charge in [-0.1, -0.05) is 17.3 Å². The second kappa shape index (κ2) is 9.88. The number of piperazine rings is 1. The highest BCUT2D eigenvalue weighted by Crippen LogP contribution is 2.31. The fraction of sp³-hybridized carbons (Fsp3) is 0.524. The number of para-hydroxylation sites is 1. The predicted molar refractivity (Wildman–Crippen MR) is 117 cm³/mol. The minimum absolute atomic E-state index is 0.0521. The van der Waals surface area contributed by atoms with Gasteiger partial charge in [-0.2, -0.15) is 4.31 Å². The molecule has 32 heavy (non-hydrogen) atoms. The number of carbonyl (C=O) groups is 1.